The van der Waals surface area contributed by atoms with Gasteiger partial charge in [0.2, 0.25) is 0 Å². The number of aliphatic hydroxyl groups is 1. The summed E-state index contributed by atoms with van der Waals surface area (Å²) in [5.41, 5.74) is -0.0242. The Labute approximate surface area is 119 Å². The van der Waals surface area contributed by atoms with E-state index in [1.54, 1.807) is 12.1 Å². The monoisotopic (exact) mass is 281 g/mol. The number of nitrogens with one attached hydrogen (secondary N) is 1. The minimum Gasteiger partial charge on any atom is -0.504 e. The van der Waals surface area contributed by atoms with Gasteiger partial charge in [0, 0.05) is 12.6 Å². The van der Waals surface area contributed by atoms with E-state index in [9.17, 15) is 9.90 Å². The van der Waals surface area contributed by atoms with Gasteiger partial charge in [0.15, 0.2) is 11.5 Å². The molecule has 1 aromatic rings. The number of benzene rings is 1. The van der Waals surface area contributed by atoms with Crippen LogP contribution in [0.1, 0.15) is 37.6 Å². The number of para-hydroxylation sites is 1. The topological polar surface area (TPSA) is 78.8 Å². The van der Waals surface area contributed by atoms with E-state index >= 15 is 0 Å². The van der Waals surface area contributed by atoms with Gasteiger partial charge >= 0.3 is 0 Å². The van der Waals surface area contributed by atoms with Crippen molar-refractivity contribution in [3.63, 3.8) is 0 Å². The molecule has 0 aliphatic rings. The zero-order valence-corrected chi connectivity index (χ0v) is 12.4. The molecule has 0 heterocycles. The van der Waals surface area contributed by atoms with Crippen LogP contribution in [0.15, 0.2) is 18.2 Å². The van der Waals surface area contributed by atoms with Crippen molar-refractivity contribution < 1.29 is 19.7 Å². The van der Waals surface area contributed by atoms with Crippen molar-refractivity contribution in [2.75, 3.05) is 13.7 Å². The highest BCUT2D eigenvalue weighted by Gasteiger charge is 2.27. The van der Waals surface area contributed by atoms with Crippen molar-refractivity contribution in [3.05, 3.63) is 23.8 Å². The number of carbonyl (C=O) groups excluding carboxylic acids is 1. The largest absolute Gasteiger partial charge is 0.504 e. The predicted octanol–water partition coefficient (Wildman–Crippen LogP) is 1.93. The second kappa shape index (κ2) is 6.61. The molecule has 20 heavy (non-hydrogen) atoms. The standard InChI is InChI=1S/C15H23NO4/c1-15(2,3)12(8-9-17)16-14(19)10-6-5-7-11(20-4)13(10)18/h5-7,12,17-18H,8-9H2,1-4H3,(H,16,19). The number of carbonyl (C=O) groups is 1. The summed E-state index contributed by atoms with van der Waals surface area (Å²) in [6, 6.07) is 4.57. The maximum atomic E-state index is 12.3. The summed E-state index contributed by atoms with van der Waals surface area (Å²) >= 11 is 0. The first kappa shape index (κ1) is 16.3. The third-order valence-electron chi connectivity index (χ3n) is 3.23. The fraction of sp³-hybridized carbons (Fsp3) is 0.533. The van der Waals surface area contributed by atoms with Gasteiger partial charge in [-0.1, -0.05) is 26.8 Å². The molecule has 0 saturated carbocycles. The minimum atomic E-state index is -0.380. The molecule has 5 nitrogen and oxygen atoms in total. The number of hydrogen-bond acceptors (Lipinski definition) is 4. The maximum absolute atomic E-state index is 12.3. The summed E-state index contributed by atoms with van der Waals surface area (Å²) in [7, 11) is 1.43. The SMILES string of the molecule is COc1cccc(C(=O)NC(CCO)C(C)(C)C)c1O. The highest BCUT2D eigenvalue weighted by molar-refractivity contribution is 5.97. The van der Waals surface area contributed by atoms with Crippen LogP contribution >= 0.6 is 0 Å². The molecule has 0 aliphatic heterocycles. The third kappa shape index (κ3) is 3.87. The minimum absolute atomic E-state index is 0.00763. The number of ether oxygens (including phenoxy) is 1. The zero-order valence-electron chi connectivity index (χ0n) is 12.4. The van der Waals surface area contributed by atoms with Crippen LogP contribution in [0, 0.1) is 5.41 Å². The number of phenols is 1. The molecule has 0 fully saturated rings. The summed E-state index contributed by atoms with van der Waals surface area (Å²) in [5.74, 6) is -0.300. The lowest BCUT2D eigenvalue weighted by atomic mass is 9.84. The van der Waals surface area contributed by atoms with Gasteiger partial charge < -0.3 is 20.3 Å². The van der Waals surface area contributed by atoms with E-state index < -0.39 is 0 Å². The van der Waals surface area contributed by atoms with Gasteiger partial charge in [-0.25, -0.2) is 0 Å². The molecule has 0 aromatic heterocycles. The van der Waals surface area contributed by atoms with Crippen LogP contribution in [-0.4, -0.2) is 35.9 Å². The molecule has 1 aromatic carbocycles. The Hall–Kier alpha value is -1.75. The molecule has 3 N–H and O–H groups in total. The molecule has 0 saturated heterocycles. The van der Waals surface area contributed by atoms with E-state index in [1.807, 2.05) is 20.8 Å². The smallest absolute Gasteiger partial charge is 0.255 e. The molecular weight excluding hydrogens is 258 g/mol. The highest BCUT2D eigenvalue weighted by Crippen LogP contribution is 2.30. The van der Waals surface area contributed by atoms with E-state index in [-0.39, 0.29) is 41.0 Å². The van der Waals surface area contributed by atoms with Crippen molar-refractivity contribution in [2.45, 2.75) is 33.2 Å². The van der Waals surface area contributed by atoms with Crippen molar-refractivity contribution in [1.82, 2.24) is 5.32 Å². The Morgan fingerprint density at radius 3 is 2.55 bits per heavy atom. The molecule has 1 atom stereocenters. The van der Waals surface area contributed by atoms with Gasteiger partial charge in [0.1, 0.15) is 0 Å². The van der Waals surface area contributed by atoms with Crippen LogP contribution in [0.3, 0.4) is 0 Å². The Morgan fingerprint density at radius 1 is 1.40 bits per heavy atom. The lowest BCUT2D eigenvalue weighted by Crippen LogP contribution is -2.44. The molecule has 0 radical (unpaired) electrons. The first-order chi connectivity index (χ1) is 9.31. The molecule has 0 spiro atoms. The summed E-state index contributed by atoms with van der Waals surface area (Å²) in [6.07, 6.45) is 0.458. The second-order valence-electron chi connectivity index (χ2n) is 5.76. The van der Waals surface area contributed by atoms with E-state index in [4.69, 9.17) is 9.84 Å². The number of amides is 1. The second-order valence-corrected chi connectivity index (χ2v) is 5.76. The zero-order chi connectivity index (χ0) is 15.3. The Bertz CT molecular complexity index is 465. The highest BCUT2D eigenvalue weighted by atomic mass is 16.5. The van der Waals surface area contributed by atoms with Crippen LogP contribution in [-0.2, 0) is 0 Å². The first-order valence-corrected chi connectivity index (χ1v) is 6.59. The van der Waals surface area contributed by atoms with Crippen LogP contribution in [0.25, 0.3) is 0 Å². The average Bonchev–Trinajstić information content (AvgIpc) is 2.37. The summed E-state index contributed by atoms with van der Waals surface area (Å²) in [6.45, 7) is 5.95. The molecule has 1 unspecified atom stereocenters. The van der Waals surface area contributed by atoms with Crippen molar-refractivity contribution >= 4 is 5.91 Å². The van der Waals surface area contributed by atoms with Crippen LogP contribution in [0.5, 0.6) is 11.5 Å². The maximum Gasteiger partial charge on any atom is 0.255 e. The van der Waals surface area contributed by atoms with Gasteiger partial charge in [0.25, 0.3) is 5.91 Å². The average molecular weight is 281 g/mol. The van der Waals surface area contributed by atoms with Crippen LogP contribution in [0.2, 0.25) is 0 Å². The molecule has 0 aliphatic carbocycles. The molecule has 0 bridgehead atoms. The normalized spacial score (nSPS) is 12.8. The Kier molecular flexibility index (Phi) is 5.39. The summed E-state index contributed by atoms with van der Waals surface area (Å²) in [4.78, 5) is 12.3. The van der Waals surface area contributed by atoms with Gasteiger partial charge in [0.05, 0.1) is 12.7 Å². The van der Waals surface area contributed by atoms with Crippen LogP contribution < -0.4 is 10.1 Å². The molecule has 1 rings (SSSR count). The Morgan fingerprint density at radius 2 is 2.05 bits per heavy atom. The third-order valence-corrected chi connectivity index (χ3v) is 3.23. The van der Waals surface area contributed by atoms with Gasteiger partial charge in [-0.3, -0.25) is 4.79 Å². The predicted molar refractivity (Wildman–Crippen MR) is 77.1 cm³/mol. The van der Waals surface area contributed by atoms with E-state index in [2.05, 4.69) is 5.32 Å². The van der Waals surface area contributed by atoms with E-state index in [0.717, 1.165) is 0 Å². The molecular formula is C15H23NO4. The molecule has 112 valence electrons. The van der Waals surface area contributed by atoms with Crippen molar-refractivity contribution in [1.29, 1.82) is 0 Å². The summed E-state index contributed by atoms with van der Waals surface area (Å²) < 4.78 is 4.99. The summed E-state index contributed by atoms with van der Waals surface area (Å²) in [5, 5.41) is 21.9. The lowest BCUT2D eigenvalue weighted by molar-refractivity contribution is 0.0882. The lowest BCUT2D eigenvalue weighted by Gasteiger charge is -2.31. The van der Waals surface area contributed by atoms with Gasteiger partial charge in [-0.05, 0) is 24.0 Å². The van der Waals surface area contributed by atoms with Gasteiger partial charge in [-0.2, -0.15) is 0 Å². The number of aliphatic hydroxyl groups excluding tert-OH is 1. The first-order valence-electron chi connectivity index (χ1n) is 6.59. The number of phenolic OH excluding ortho intramolecular Hbond substituents is 1. The Balaban J connectivity index is 2.95. The van der Waals surface area contributed by atoms with Crippen LogP contribution in [0.4, 0.5) is 0 Å². The number of rotatable bonds is 5. The molecule has 5 heteroatoms. The quantitative estimate of drug-likeness (QED) is 0.770. The fourth-order valence-electron chi connectivity index (χ4n) is 1.96. The number of aromatic hydroxyl groups is 1. The van der Waals surface area contributed by atoms with E-state index in [0.29, 0.717) is 6.42 Å². The molecule has 1 amide bonds. The van der Waals surface area contributed by atoms with Crippen molar-refractivity contribution in [2.24, 2.45) is 5.41 Å². The number of methoxy groups -OCH3 is 1. The fourth-order valence-corrected chi connectivity index (χ4v) is 1.96. The van der Waals surface area contributed by atoms with Gasteiger partial charge in [-0.15, -0.1) is 0 Å². The van der Waals surface area contributed by atoms with Crippen molar-refractivity contribution in [3.8, 4) is 11.5 Å². The van der Waals surface area contributed by atoms with E-state index in [1.165, 1.54) is 13.2 Å². The number of hydrogen-bond donors (Lipinski definition) is 3.